The maximum atomic E-state index is 11.8. The van der Waals surface area contributed by atoms with Gasteiger partial charge in [0.2, 0.25) is 0 Å². The van der Waals surface area contributed by atoms with E-state index in [2.05, 4.69) is 5.16 Å². The number of aliphatic carboxylic acids is 1. The molecule has 0 fully saturated rings. The lowest BCUT2D eigenvalue weighted by molar-refractivity contribution is -0.143. The highest BCUT2D eigenvalue weighted by Crippen LogP contribution is 2.33. The summed E-state index contributed by atoms with van der Waals surface area (Å²) in [5.41, 5.74) is 2.41. The predicted octanol–water partition coefficient (Wildman–Crippen LogP) is 2.31. The SMILES string of the molecule is Cc1noc(C)c1CN1CCOc2ccccc2C1C(=O)O. The average Bonchev–Trinajstić information content (AvgIpc) is 2.72. The van der Waals surface area contributed by atoms with Gasteiger partial charge >= 0.3 is 5.97 Å². The van der Waals surface area contributed by atoms with E-state index in [9.17, 15) is 9.90 Å². The Morgan fingerprint density at radius 3 is 2.86 bits per heavy atom. The van der Waals surface area contributed by atoms with Crippen molar-refractivity contribution in [3.8, 4) is 5.75 Å². The molecule has 2 aromatic rings. The molecule has 6 heteroatoms. The molecule has 0 amide bonds. The number of rotatable bonds is 3. The van der Waals surface area contributed by atoms with Gasteiger partial charge in [0.05, 0.1) is 5.69 Å². The van der Waals surface area contributed by atoms with E-state index in [-0.39, 0.29) is 0 Å². The predicted molar refractivity (Wildman–Crippen MR) is 78.7 cm³/mol. The largest absolute Gasteiger partial charge is 0.492 e. The van der Waals surface area contributed by atoms with E-state index in [4.69, 9.17) is 9.26 Å². The Bertz CT molecular complexity index is 676. The van der Waals surface area contributed by atoms with Crippen LogP contribution in [0.1, 0.15) is 28.6 Å². The van der Waals surface area contributed by atoms with Gasteiger partial charge in [-0.1, -0.05) is 23.4 Å². The Morgan fingerprint density at radius 2 is 2.18 bits per heavy atom. The number of fused-ring (bicyclic) bond motifs is 1. The first-order valence-electron chi connectivity index (χ1n) is 7.18. The zero-order valence-corrected chi connectivity index (χ0v) is 12.6. The van der Waals surface area contributed by atoms with Gasteiger partial charge in [0.1, 0.15) is 24.2 Å². The molecule has 1 unspecified atom stereocenters. The molecular formula is C16H18N2O4. The fraction of sp³-hybridized carbons (Fsp3) is 0.375. The van der Waals surface area contributed by atoms with Gasteiger partial charge in [-0.05, 0) is 19.9 Å². The summed E-state index contributed by atoms with van der Waals surface area (Å²) in [5.74, 6) is 0.473. The fourth-order valence-corrected chi connectivity index (χ4v) is 2.83. The van der Waals surface area contributed by atoms with Crippen LogP contribution in [0.4, 0.5) is 0 Å². The molecule has 1 aromatic heterocycles. The number of carbonyl (C=O) groups is 1. The smallest absolute Gasteiger partial charge is 0.325 e. The van der Waals surface area contributed by atoms with Crippen molar-refractivity contribution in [1.82, 2.24) is 10.1 Å². The molecule has 116 valence electrons. The van der Waals surface area contributed by atoms with Crippen molar-refractivity contribution in [2.45, 2.75) is 26.4 Å². The molecule has 3 rings (SSSR count). The molecule has 1 N–H and O–H groups in total. The van der Waals surface area contributed by atoms with Gasteiger partial charge < -0.3 is 14.4 Å². The monoisotopic (exact) mass is 302 g/mol. The number of aryl methyl sites for hydroxylation is 2. The third kappa shape index (κ3) is 2.57. The number of ether oxygens (including phenoxy) is 1. The van der Waals surface area contributed by atoms with Gasteiger partial charge in [-0.2, -0.15) is 0 Å². The van der Waals surface area contributed by atoms with Crippen molar-refractivity contribution in [2.24, 2.45) is 0 Å². The number of carboxylic acid groups (broad SMARTS) is 1. The molecule has 1 atom stereocenters. The molecule has 6 nitrogen and oxygen atoms in total. The number of nitrogens with zero attached hydrogens (tertiary/aromatic N) is 2. The number of para-hydroxylation sites is 1. The normalized spacial score (nSPS) is 18.4. The number of hydrogen-bond acceptors (Lipinski definition) is 5. The Morgan fingerprint density at radius 1 is 1.41 bits per heavy atom. The quantitative estimate of drug-likeness (QED) is 0.937. The summed E-state index contributed by atoms with van der Waals surface area (Å²) in [6.07, 6.45) is 0. The molecule has 0 spiro atoms. The highest BCUT2D eigenvalue weighted by atomic mass is 16.5. The number of carboxylic acids is 1. The number of aromatic nitrogens is 1. The maximum Gasteiger partial charge on any atom is 0.325 e. The first-order chi connectivity index (χ1) is 10.6. The second kappa shape index (κ2) is 5.81. The lowest BCUT2D eigenvalue weighted by atomic mass is 10.0. The van der Waals surface area contributed by atoms with E-state index < -0.39 is 12.0 Å². The lowest BCUT2D eigenvalue weighted by Gasteiger charge is -2.26. The molecule has 2 heterocycles. The van der Waals surface area contributed by atoms with Crippen molar-refractivity contribution in [1.29, 1.82) is 0 Å². The van der Waals surface area contributed by atoms with Gasteiger partial charge in [-0.3, -0.25) is 9.69 Å². The van der Waals surface area contributed by atoms with Crippen LogP contribution in [0, 0.1) is 13.8 Å². The van der Waals surface area contributed by atoms with Crippen molar-refractivity contribution >= 4 is 5.97 Å². The zero-order valence-electron chi connectivity index (χ0n) is 12.6. The maximum absolute atomic E-state index is 11.8. The Kier molecular flexibility index (Phi) is 3.85. The second-order valence-corrected chi connectivity index (χ2v) is 5.40. The van der Waals surface area contributed by atoms with E-state index in [0.29, 0.717) is 31.0 Å². The Balaban J connectivity index is 1.98. The molecule has 0 aliphatic carbocycles. The lowest BCUT2D eigenvalue weighted by Crippen LogP contribution is -2.35. The summed E-state index contributed by atoms with van der Waals surface area (Å²) < 4.78 is 10.9. The summed E-state index contributed by atoms with van der Waals surface area (Å²) in [4.78, 5) is 13.7. The van der Waals surface area contributed by atoms with Crippen LogP contribution in [0.15, 0.2) is 28.8 Å². The number of benzene rings is 1. The Hall–Kier alpha value is -2.34. The summed E-state index contributed by atoms with van der Waals surface area (Å²) in [5, 5.41) is 13.7. The van der Waals surface area contributed by atoms with Gasteiger partial charge in [-0.25, -0.2) is 0 Å². The molecule has 22 heavy (non-hydrogen) atoms. The summed E-state index contributed by atoms with van der Waals surface area (Å²) in [6.45, 7) is 5.15. The van der Waals surface area contributed by atoms with E-state index >= 15 is 0 Å². The van der Waals surface area contributed by atoms with Crippen LogP contribution in [-0.4, -0.2) is 34.3 Å². The van der Waals surface area contributed by atoms with Gasteiger partial charge in [-0.15, -0.1) is 0 Å². The molecule has 1 aromatic carbocycles. The topological polar surface area (TPSA) is 75.8 Å². The third-order valence-corrected chi connectivity index (χ3v) is 3.99. The molecule has 1 aliphatic heterocycles. The van der Waals surface area contributed by atoms with Crippen LogP contribution in [0.5, 0.6) is 5.75 Å². The molecule has 1 aliphatic rings. The zero-order chi connectivity index (χ0) is 15.7. The molecule has 0 saturated carbocycles. The summed E-state index contributed by atoms with van der Waals surface area (Å²) in [6, 6.07) is 6.55. The highest BCUT2D eigenvalue weighted by Gasteiger charge is 2.33. The molecule has 0 saturated heterocycles. The van der Waals surface area contributed by atoms with Crippen LogP contribution in [0.25, 0.3) is 0 Å². The highest BCUT2D eigenvalue weighted by molar-refractivity contribution is 5.77. The van der Waals surface area contributed by atoms with Crippen LogP contribution >= 0.6 is 0 Å². The van der Waals surface area contributed by atoms with Crippen molar-refractivity contribution in [3.05, 3.63) is 46.8 Å². The fourth-order valence-electron chi connectivity index (χ4n) is 2.83. The van der Waals surface area contributed by atoms with E-state index in [0.717, 1.165) is 17.0 Å². The number of hydrogen-bond donors (Lipinski definition) is 1. The van der Waals surface area contributed by atoms with Crippen LogP contribution in [-0.2, 0) is 11.3 Å². The van der Waals surface area contributed by atoms with Crippen LogP contribution in [0.2, 0.25) is 0 Å². The van der Waals surface area contributed by atoms with Gasteiger partial charge in [0.25, 0.3) is 0 Å². The van der Waals surface area contributed by atoms with Crippen molar-refractivity contribution in [3.63, 3.8) is 0 Å². The minimum Gasteiger partial charge on any atom is -0.492 e. The second-order valence-electron chi connectivity index (χ2n) is 5.40. The average molecular weight is 302 g/mol. The Labute approximate surface area is 128 Å². The van der Waals surface area contributed by atoms with Crippen molar-refractivity contribution < 1.29 is 19.2 Å². The molecule has 0 radical (unpaired) electrons. The van der Waals surface area contributed by atoms with Gasteiger partial charge in [0.15, 0.2) is 0 Å². The van der Waals surface area contributed by atoms with Crippen LogP contribution < -0.4 is 4.74 Å². The van der Waals surface area contributed by atoms with Crippen LogP contribution in [0.3, 0.4) is 0 Å². The van der Waals surface area contributed by atoms with E-state index in [1.807, 2.05) is 36.9 Å². The standard InChI is InChI=1S/C16H18N2O4/c1-10-13(11(2)22-17-10)9-18-7-8-21-14-6-4-3-5-12(14)15(18)16(19)20/h3-6,15H,7-9H2,1-2H3,(H,19,20). The molecule has 0 bridgehead atoms. The van der Waals surface area contributed by atoms with Gasteiger partial charge in [0, 0.05) is 24.2 Å². The minimum absolute atomic E-state index is 0.449. The van der Waals surface area contributed by atoms with Crippen molar-refractivity contribution in [2.75, 3.05) is 13.2 Å². The summed E-state index contributed by atoms with van der Waals surface area (Å²) >= 11 is 0. The third-order valence-electron chi connectivity index (χ3n) is 3.99. The van der Waals surface area contributed by atoms with E-state index in [1.165, 1.54) is 0 Å². The first kappa shape index (κ1) is 14.6. The van der Waals surface area contributed by atoms with E-state index in [1.54, 1.807) is 6.07 Å². The first-order valence-corrected chi connectivity index (χ1v) is 7.18. The minimum atomic E-state index is -0.885. The molecular weight excluding hydrogens is 284 g/mol. The summed E-state index contributed by atoms with van der Waals surface area (Å²) in [7, 11) is 0.